The van der Waals surface area contributed by atoms with Crippen LogP contribution in [0.5, 0.6) is 5.75 Å². The molecule has 0 bridgehead atoms. The van der Waals surface area contributed by atoms with Crippen molar-refractivity contribution in [2.75, 3.05) is 13.2 Å². The van der Waals surface area contributed by atoms with Crippen LogP contribution in [-0.2, 0) is 20.0 Å². The van der Waals surface area contributed by atoms with Gasteiger partial charge in [-0.1, -0.05) is 6.07 Å². The Balaban J connectivity index is 2.40. The molecule has 2 rings (SSSR count). The summed E-state index contributed by atoms with van der Waals surface area (Å²) < 4.78 is 9.98. The molecule has 4 N–H and O–H groups in total. The van der Waals surface area contributed by atoms with Gasteiger partial charge in [-0.15, -0.1) is 0 Å². The molecule has 0 aliphatic carbocycles. The fourth-order valence-electron chi connectivity index (χ4n) is 3.29. The molecule has 1 unspecified atom stereocenters. The maximum atomic E-state index is 12.0. The summed E-state index contributed by atoms with van der Waals surface area (Å²) in [6.45, 7) is 9.02. The number of phenolic OH excluding ortho intramolecular Hbond substituents is 1. The molecule has 1 aromatic heterocycles. The Morgan fingerprint density at radius 2 is 1.79 bits per heavy atom. The van der Waals surface area contributed by atoms with Crippen LogP contribution in [0.4, 0.5) is 0 Å². The first kappa shape index (κ1) is 21.7. The number of ether oxygens (including phenoxy) is 2. The summed E-state index contributed by atoms with van der Waals surface area (Å²) in [4.78, 5) is 26.7. The maximum absolute atomic E-state index is 12.0. The van der Waals surface area contributed by atoms with Crippen LogP contribution in [0.15, 0.2) is 18.2 Å². The van der Waals surface area contributed by atoms with Crippen LogP contribution in [0.1, 0.15) is 57.1 Å². The molecule has 1 heterocycles. The zero-order chi connectivity index (χ0) is 21.1. The van der Waals surface area contributed by atoms with E-state index in [1.165, 1.54) is 12.1 Å². The van der Waals surface area contributed by atoms with E-state index in [0.717, 1.165) is 0 Å². The van der Waals surface area contributed by atoms with Gasteiger partial charge in [0.1, 0.15) is 17.2 Å². The van der Waals surface area contributed by atoms with Crippen molar-refractivity contribution in [2.24, 2.45) is 0 Å². The van der Waals surface area contributed by atoms with Crippen LogP contribution in [0, 0.1) is 0 Å². The number of phenols is 1. The van der Waals surface area contributed by atoms with Gasteiger partial charge in [-0.2, -0.15) is 0 Å². The van der Waals surface area contributed by atoms with Gasteiger partial charge in [-0.25, -0.2) is 4.79 Å². The summed E-state index contributed by atoms with van der Waals surface area (Å²) in [6, 6.07) is 4.52. The second-order valence-corrected chi connectivity index (χ2v) is 7.39. The van der Waals surface area contributed by atoms with Crippen molar-refractivity contribution >= 4 is 22.8 Å². The number of aliphatic hydroxyl groups is 1. The fourth-order valence-corrected chi connectivity index (χ4v) is 3.29. The minimum absolute atomic E-state index is 0.0550. The number of hydrogen-bond donors (Lipinski definition) is 4. The van der Waals surface area contributed by atoms with E-state index in [9.17, 15) is 19.8 Å². The zero-order valence-corrected chi connectivity index (χ0v) is 16.9. The van der Waals surface area contributed by atoms with Crippen LogP contribution >= 0.6 is 0 Å². The number of carbonyl (C=O) groups excluding carboxylic acids is 2. The molecule has 2 aromatic rings. The summed E-state index contributed by atoms with van der Waals surface area (Å²) in [7, 11) is 0. The number of hydrogen-bond acceptors (Lipinski definition) is 7. The summed E-state index contributed by atoms with van der Waals surface area (Å²) in [6.07, 6.45) is 0.0550. The lowest BCUT2D eigenvalue weighted by Gasteiger charge is -2.36. The Kier molecular flexibility index (Phi) is 6.36. The standard InChI is InChI=1S/C20H28N2O6/c1-6-27-16(24)11-19(3,4)22-20(5,26)13-8-9-15(23)17-12(13)10-14(21-17)18(25)28-7-2/h8-10,21-23,26H,6-7,11H2,1-5H3. The third-order valence-electron chi connectivity index (χ3n) is 4.27. The number of aromatic hydroxyl groups is 1. The maximum Gasteiger partial charge on any atom is 0.354 e. The number of fused-ring (bicyclic) bond motifs is 1. The highest BCUT2D eigenvalue weighted by Gasteiger charge is 2.34. The van der Waals surface area contributed by atoms with Crippen LogP contribution in [0.2, 0.25) is 0 Å². The second kappa shape index (κ2) is 8.20. The van der Waals surface area contributed by atoms with Gasteiger partial charge in [0.15, 0.2) is 0 Å². The quantitative estimate of drug-likeness (QED) is 0.402. The molecule has 8 nitrogen and oxygen atoms in total. The molecule has 0 aliphatic heterocycles. The Hall–Kier alpha value is -2.58. The van der Waals surface area contributed by atoms with Crippen molar-refractivity contribution in [1.29, 1.82) is 0 Å². The summed E-state index contributed by atoms with van der Waals surface area (Å²) in [5.41, 5.74) is -1.42. The summed E-state index contributed by atoms with van der Waals surface area (Å²) in [5.74, 6) is -0.993. The van der Waals surface area contributed by atoms with Crippen molar-refractivity contribution in [3.63, 3.8) is 0 Å². The molecule has 28 heavy (non-hydrogen) atoms. The third-order valence-corrected chi connectivity index (χ3v) is 4.27. The predicted molar refractivity (Wildman–Crippen MR) is 104 cm³/mol. The van der Waals surface area contributed by atoms with Crippen molar-refractivity contribution in [3.8, 4) is 5.75 Å². The van der Waals surface area contributed by atoms with E-state index in [2.05, 4.69) is 10.3 Å². The molecule has 8 heteroatoms. The molecule has 0 spiro atoms. The first-order valence-electron chi connectivity index (χ1n) is 9.20. The highest BCUT2D eigenvalue weighted by molar-refractivity contribution is 5.98. The van der Waals surface area contributed by atoms with Crippen LogP contribution in [-0.4, -0.2) is 45.9 Å². The van der Waals surface area contributed by atoms with E-state index in [0.29, 0.717) is 16.5 Å². The number of benzene rings is 1. The third kappa shape index (κ3) is 4.82. The number of nitrogens with one attached hydrogen (secondary N) is 2. The van der Waals surface area contributed by atoms with Crippen molar-refractivity contribution in [2.45, 2.75) is 52.3 Å². The topological polar surface area (TPSA) is 121 Å². The van der Waals surface area contributed by atoms with E-state index in [-0.39, 0.29) is 37.0 Å². The Morgan fingerprint density at radius 3 is 2.39 bits per heavy atom. The SMILES string of the molecule is CCOC(=O)CC(C)(C)NC(C)(O)c1ccc(O)c2[nH]c(C(=O)OCC)cc12. The van der Waals surface area contributed by atoms with Gasteiger partial charge in [-0.3, -0.25) is 10.1 Å². The van der Waals surface area contributed by atoms with Crippen LogP contribution < -0.4 is 5.32 Å². The number of rotatable bonds is 8. The number of aromatic nitrogens is 1. The van der Waals surface area contributed by atoms with E-state index >= 15 is 0 Å². The summed E-state index contributed by atoms with van der Waals surface area (Å²) >= 11 is 0. The second-order valence-electron chi connectivity index (χ2n) is 7.39. The highest BCUT2D eigenvalue weighted by atomic mass is 16.5. The van der Waals surface area contributed by atoms with Crippen LogP contribution in [0.3, 0.4) is 0 Å². The van der Waals surface area contributed by atoms with E-state index < -0.39 is 17.2 Å². The first-order chi connectivity index (χ1) is 13.0. The lowest BCUT2D eigenvalue weighted by Crippen LogP contribution is -2.52. The predicted octanol–water partition coefficient (Wildman–Crippen LogP) is 2.54. The van der Waals surface area contributed by atoms with E-state index in [1.807, 2.05) is 0 Å². The molecule has 1 atom stereocenters. The van der Waals surface area contributed by atoms with Gasteiger partial charge in [0.05, 0.1) is 25.2 Å². The monoisotopic (exact) mass is 392 g/mol. The lowest BCUT2D eigenvalue weighted by molar-refractivity contribution is -0.145. The van der Waals surface area contributed by atoms with Gasteiger partial charge in [0.25, 0.3) is 0 Å². The smallest absolute Gasteiger partial charge is 0.354 e. The first-order valence-corrected chi connectivity index (χ1v) is 9.20. The molecule has 0 fully saturated rings. The van der Waals surface area contributed by atoms with Gasteiger partial charge >= 0.3 is 11.9 Å². The number of H-pyrrole nitrogens is 1. The largest absolute Gasteiger partial charge is 0.506 e. The minimum atomic E-state index is -1.56. The average molecular weight is 392 g/mol. The van der Waals surface area contributed by atoms with E-state index in [1.54, 1.807) is 40.7 Å². The molecule has 1 aromatic carbocycles. The molecule has 0 saturated heterocycles. The molecular weight excluding hydrogens is 364 g/mol. The molecule has 0 amide bonds. The van der Waals surface area contributed by atoms with Crippen molar-refractivity contribution in [3.05, 3.63) is 29.5 Å². The average Bonchev–Trinajstić information content (AvgIpc) is 2.99. The molecule has 0 aliphatic rings. The zero-order valence-electron chi connectivity index (χ0n) is 16.9. The molecule has 0 saturated carbocycles. The summed E-state index contributed by atoms with van der Waals surface area (Å²) in [5, 5.41) is 24.8. The van der Waals surface area contributed by atoms with E-state index in [4.69, 9.17) is 9.47 Å². The van der Waals surface area contributed by atoms with Gasteiger partial charge < -0.3 is 24.7 Å². The Labute approximate surface area is 163 Å². The van der Waals surface area contributed by atoms with Crippen molar-refractivity contribution in [1.82, 2.24) is 10.3 Å². The van der Waals surface area contributed by atoms with Gasteiger partial charge in [-0.05, 0) is 46.8 Å². The molecular formula is C20H28N2O6. The Bertz CT molecular complexity index is 869. The van der Waals surface area contributed by atoms with Gasteiger partial charge in [0.2, 0.25) is 0 Å². The Morgan fingerprint density at radius 1 is 1.14 bits per heavy atom. The van der Waals surface area contributed by atoms with Crippen molar-refractivity contribution < 1.29 is 29.3 Å². The molecule has 154 valence electrons. The van der Waals surface area contributed by atoms with Crippen LogP contribution in [0.25, 0.3) is 10.9 Å². The number of aromatic amines is 1. The number of esters is 2. The highest BCUT2D eigenvalue weighted by Crippen LogP contribution is 2.34. The minimum Gasteiger partial charge on any atom is -0.506 e. The normalized spacial score (nSPS) is 13.9. The number of carbonyl (C=O) groups is 2. The lowest BCUT2D eigenvalue weighted by atomic mass is 9.93. The fraction of sp³-hybridized carbons (Fsp3) is 0.500. The van der Waals surface area contributed by atoms with Gasteiger partial charge in [0, 0.05) is 16.5 Å². The molecule has 0 radical (unpaired) electrons.